The first kappa shape index (κ1) is 61.1. The second kappa shape index (κ2) is 26.4. The molecule has 0 saturated carbocycles. The van der Waals surface area contributed by atoms with Gasteiger partial charge in [0.15, 0.2) is 16.6 Å². The Morgan fingerprint density at radius 2 is 1.20 bits per heavy atom. The van der Waals surface area contributed by atoms with Crippen molar-refractivity contribution < 1.29 is 32.6 Å². The third-order valence-electron chi connectivity index (χ3n) is 16.2. The molecule has 11 heteroatoms. The molecule has 1 aromatic rings. The summed E-state index contributed by atoms with van der Waals surface area (Å²) in [5, 5.41) is 12.4. The topological polar surface area (TPSA) is 75.6 Å². The molecule has 2 rings (SSSR count). The average Bonchev–Trinajstić information content (AvgIpc) is 3.19. The molecule has 1 N–H and O–H groups in total. The molecule has 1 saturated heterocycles. The Hall–Kier alpha value is -0.0306. The molecule has 0 amide bonds. The minimum atomic E-state index is -2.61. The third kappa shape index (κ3) is 19.2. The average molecular weight is 1070 g/mol. The van der Waals surface area contributed by atoms with Crippen molar-refractivity contribution in [2.75, 3.05) is 13.7 Å². The van der Waals surface area contributed by atoms with Gasteiger partial charge in [0.05, 0.1) is 0 Å². The van der Waals surface area contributed by atoms with Gasteiger partial charge in [-0.25, -0.2) is 0 Å². The maximum absolute atomic E-state index is 12.2. The van der Waals surface area contributed by atoms with Crippen LogP contribution in [0.2, 0.25) is 67.7 Å². The number of methoxy groups -OCH3 is 1. The van der Waals surface area contributed by atoms with E-state index in [-0.39, 0.29) is 57.5 Å². The number of ether oxygens (including phenoxy) is 3. The first-order chi connectivity index (χ1) is 29.9. The zero-order valence-electron chi connectivity index (χ0n) is 46.4. The molecular weight excluding hydrogens is 964 g/mol. The normalized spacial score (nSPS) is 21.7. The molecule has 1 fully saturated rings. The van der Waals surface area contributed by atoms with E-state index in [9.17, 15) is 5.11 Å². The molecule has 1 aromatic carbocycles. The number of aliphatic hydroxyl groups is 1. The Morgan fingerprint density at radius 1 is 0.723 bits per heavy atom. The third-order valence-corrected chi connectivity index (χ3v) is 43.9. The van der Waals surface area contributed by atoms with E-state index < -0.39 is 49.4 Å². The molecule has 65 heavy (non-hydrogen) atoms. The predicted octanol–water partition coefficient (Wildman–Crippen LogP) is 15.9. The number of benzene rings is 1. The van der Waals surface area contributed by atoms with E-state index in [1.165, 1.54) is 51.8 Å². The van der Waals surface area contributed by atoms with Gasteiger partial charge in [0.1, 0.15) is 0 Å². The van der Waals surface area contributed by atoms with Gasteiger partial charge in [-0.3, -0.25) is 0 Å². The summed E-state index contributed by atoms with van der Waals surface area (Å²) in [6.45, 7) is 47.5. The maximum atomic E-state index is 12.2. The van der Waals surface area contributed by atoms with Gasteiger partial charge in [-0.15, -0.1) is 0 Å². The number of aliphatic hydroxyl groups excluding tert-OH is 1. The monoisotopic (exact) mass is 1070 g/mol. The summed E-state index contributed by atoms with van der Waals surface area (Å²) in [4.78, 5) is 0. The van der Waals surface area contributed by atoms with Crippen molar-refractivity contribution in [2.45, 2.75) is 266 Å². The van der Waals surface area contributed by atoms with E-state index in [1.807, 2.05) is 12.1 Å². The summed E-state index contributed by atoms with van der Waals surface area (Å²) in [6, 6.07) is 8.24. The summed E-state index contributed by atoms with van der Waals surface area (Å²) in [7, 11) is -4.76. The molecule has 8 atom stereocenters. The summed E-state index contributed by atoms with van der Waals surface area (Å²) in [5.74, 6) is 1.02. The van der Waals surface area contributed by atoms with Crippen molar-refractivity contribution in [3.63, 3.8) is 0 Å². The molecule has 0 radical (unpaired) electrons. The zero-order chi connectivity index (χ0) is 49.7. The Balaban J connectivity index is 2.54. The first-order valence-electron chi connectivity index (χ1n) is 26.1. The van der Waals surface area contributed by atoms with Crippen molar-refractivity contribution in [3.8, 4) is 5.75 Å². The van der Waals surface area contributed by atoms with Crippen LogP contribution in [-0.2, 0) is 29.4 Å². The Morgan fingerprint density at radius 3 is 1.65 bits per heavy atom. The number of hydrogen-bond acceptors (Lipinski definition) is 7. The zero-order valence-corrected chi connectivity index (χ0v) is 52.2. The summed E-state index contributed by atoms with van der Waals surface area (Å²) in [6.07, 6.45) is 10.9. The van der Waals surface area contributed by atoms with Crippen LogP contribution in [0.25, 0.3) is 0 Å². The van der Waals surface area contributed by atoms with Gasteiger partial charge in [-0.2, -0.15) is 0 Å². The molecule has 0 aromatic heterocycles. The molecule has 7 nitrogen and oxygen atoms in total. The van der Waals surface area contributed by atoms with Crippen LogP contribution in [0.3, 0.4) is 0 Å². The summed E-state index contributed by atoms with van der Waals surface area (Å²) in [5.41, 5.74) is 1.13. The van der Waals surface area contributed by atoms with Crippen molar-refractivity contribution >= 4 is 43.3 Å². The Labute approximate surface area is 410 Å². The second-order valence-electron chi connectivity index (χ2n) is 25.0. The van der Waals surface area contributed by atoms with Crippen LogP contribution in [0.4, 0.5) is 0 Å². The van der Waals surface area contributed by atoms with Gasteiger partial charge in [0.25, 0.3) is 0 Å². The van der Waals surface area contributed by atoms with Crippen molar-refractivity contribution in [2.24, 2.45) is 11.8 Å². The van der Waals surface area contributed by atoms with E-state index >= 15 is 0 Å². The number of hydrogen-bond donors (Lipinski definition) is 1. The van der Waals surface area contributed by atoms with Crippen molar-refractivity contribution in [1.82, 2.24) is 0 Å². The van der Waals surface area contributed by atoms with Gasteiger partial charge < -0.3 is 8.85 Å². The van der Waals surface area contributed by atoms with E-state index in [2.05, 4.69) is 159 Å². The SMILES string of the molecule is CCC[CH2][Sn](/[CH]=C/[C@@H](OCc1ccc(OC)cc1)[C@@H](C)CC(O)C[C@H](C)[C@@H]1O[C@H](CO[Si](C)(C)C(C)(C)C)[C@H](O[Si](C)(C)C(C)(C)C)C[C@@H]1O[Si](C)(C)C(C)(C)C)([CH2]CCC)[CH2]CCC. The van der Waals surface area contributed by atoms with Crippen molar-refractivity contribution in [3.05, 3.63) is 40.0 Å². The van der Waals surface area contributed by atoms with E-state index in [0.29, 0.717) is 26.1 Å². The Kier molecular flexibility index (Phi) is 24.8. The molecule has 380 valence electrons. The molecule has 1 heterocycles. The van der Waals surface area contributed by atoms with Gasteiger partial charge in [0, 0.05) is 0 Å². The second-order valence-corrected chi connectivity index (χ2v) is 52.3. The molecule has 1 unspecified atom stereocenters. The van der Waals surface area contributed by atoms with Crippen LogP contribution in [-0.4, -0.2) is 98.8 Å². The quantitative estimate of drug-likeness (QED) is 0.0838. The fourth-order valence-electron chi connectivity index (χ4n) is 8.45. The van der Waals surface area contributed by atoms with Crippen LogP contribution < -0.4 is 4.74 Å². The predicted molar refractivity (Wildman–Crippen MR) is 290 cm³/mol. The fourth-order valence-corrected chi connectivity index (χ4v) is 26.5. The van der Waals surface area contributed by atoms with Crippen LogP contribution in [0.15, 0.2) is 34.4 Å². The molecule has 1 aliphatic heterocycles. The Bertz CT molecular complexity index is 1490. The molecule has 0 aliphatic carbocycles. The first-order valence-corrected chi connectivity index (χ1v) is 42.6. The van der Waals surface area contributed by atoms with E-state index in [1.54, 1.807) is 7.11 Å². The minimum absolute atomic E-state index is 0.0354. The standard InChI is InChI=1S/C42H79O7Si3.3C4H9.Sn/c1-20-35(45-28-32-21-23-34(44-13)24-22-32)30(2)25-33(43)26-31(3)39-37(49-52(18,19)42(10,11)12)27-36(48-51(16,17)41(7,8)9)38(47-39)29-46-50(14,15)40(4,5)6;3*1-3-4-2;/h1,20-24,30-31,33,35-39,43H,25-29H2,2-19H3;3*1,3-4H2,2H3;/t30-,31-,33?,35+,36+,37-,38+,39-;;;;/m0..../s1. The number of unbranched alkanes of at least 4 members (excludes halogenated alkanes) is 3. The van der Waals surface area contributed by atoms with Gasteiger partial charge in [-0.05, 0) is 54.4 Å². The van der Waals surface area contributed by atoms with Crippen LogP contribution in [0, 0.1) is 11.8 Å². The van der Waals surface area contributed by atoms with Gasteiger partial charge in [0.2, 0.25) is 0 Å². The summed E-state index contributed by atoms with van der Waals surface area (Å²) >= 11 is -2.61. The number of rotatable bonds is 28. The summed E-state index contributed by atoms with van der Waals surface area (Å²) < 4.78 is 48.4. The van der Waals surface area contributed by atoms with Crippen molar-refractivity contribution in [1.29, 1.82) is 0 Å². The fraction of sp³-hybridized carbons (Fsp3) is 0.852. The van der Waals surface area contributed by atoms with Crippen LogP contribution >= 0.6 is 0 Å². The van der Waals surface area contributed by atoms with E-state index in [4.69, 9.17) is 27.5 Å². The molecule has 1 aliphatic rings. The van der Waals surface area contributed by atoms with Gasteiger partial charge >= 0.3 is 271 Å². The van der Waals surface area contributed by atoms with Gasteiger partial charge in [-0.1, -0.05) is 62.3 Å². The van der Waals surface area contributed by atoms with Crippen LogP contribution in [0.5, 0.6) is 5.75 Å². The van der Waals surface area contributed by atoms with E-state index in [0.717, 1.165) is 17.7 Å². The molecule has 0 spiro atoms. The van der Waals surface area contributed by atoms with Crippen LogP contribution in [0.1, 0.15) is 160 Å². The molecule has 0 bridgehead atoms. The molecular formula is C54H106O7Si3Sn.